The summed E-state index contributed by atoms with van der Waals surface area (Å²) in [5.74, 6) is -1.49. The van der Waals surface area contributed by atoms with E-state index in [1.807, 2.05) is 0 Å². The van der Waals surface area contributed by atoms with Crippen molar-refractivity contribution in [2.24, 2.45) is 0 Å². The lowest BCUT2D eigenvalue weighted by molar-refractivity contribution is 0.0685. The predicted molar refractivity (Wildman–Crippen MR) is 64.3 cm³/mol. The van der Waals surface area contributed by atoms with E-state index < -0.39 is 11.9 Å². The van der Waals surface area contributed by atoms with Gasteiger partial charge in [0.05, 0.1) is 5.56 Å². The third kappa shape index (κ3) is 3.06. The molecule has 0 amide bonds. The molecule has 0 saturated heterocycles. The summed E-state index contributed by atoms with van der Waals surface area (Å²) in [6.07, 6.45) is 1.13. The molecule has 0 radical (unpaired) electrons. The van der Waals surface area contributed by atoms with Crippen molar-refractivity contribution in [2.45, 2.75) is 0 Å². The highest BCUT2D eigenvalue weighted by Gasteiger charge is 2.11. The Morgan fingerprint density at radius 3 is 2.26 bits per heavy atom. The lowest BCUT2D eigenvalue weighted by Crippen LogP contribution is -2.10. The van der Waals surface area contributed by atoms with Gasteiger partial charge in [-0.3, -0.25) is 0 Å². The predicted octanol–water partition coefficient (Wildman–Crippen LogP) is 1.70. The second-order valence-corrected chi connectivity index (χ2v) is 3.62. The van der Waals surface area contributed by atoms with Crippen molar-refractivity contribution in [1.29, 1.82) is 0 Å². The van der Waals surface area contributed by atoms with Gasteiger partial charge in [0.2, 0.25) is 0 Å². The Hall–Kier alpha value is -2.89. The molecular weight excluding hydrogens is 250 g/mol. The first-order valence-corrected chi connectivity index (χ1v) is 5.27. The van der Waals surface area contributed by atoms with Crippen LogP contribution in [0.4, 0.5) is 0 Å². The Morgan fingerprint density at radius 1 is 1.05 bits per heavy atom. The minimum Gasteiger partial charge on any atom is -0.508 e. The molecule has 1 aromatic heterocycles. The van der Waals surface area contributed by atoms with E-state index in [1.165, 1.54) is 36.4 Å². The third-order valence-corrected chi connectivity index (χ3v) is 2.27. The number of benzene rings is 1. The largest absolute Gasteiger partial charge is 0.508 e. The molecule has 19 heavy (non-hydrogen) atoms. The van der Waals surface area contributed by atoms with Crippen molar-refractivity contribution >= 4 is 11.9 Å². The van der Waals surface area contributed by atoms with Crippen molar-refractivity contribution in [1.82, 2.24) is 4.98 Å². The number of nitrogens with zero attached hydrogens (tertiary/aromatic N) is 1. The van der Waals surface area contributed by atoms with Gasteiger partial charge < -0.3 is 14.9 Å². The van der Waals surface area contributed by atoms with Crippen LogP contribution in [0.15, 0.2) is 42.6 Å². The maximum Gasteiger partial charge on any atom is 0.354 e. The minimum absolute atomic E-state index is 0.0623. The Bertz CT molecular complexity index is 604. The van der Waals surface area contributed by atoms with Gasteiger partial charge in [-0.05, 0) is 36.4 Å². The quantitative estimate of drug-likeness (QED) is 0.643. The third-order valence-electron chi connectivity index (χ3n) is 2.27. The van der Waals surface area contributed by atoms with Crippen molar-refractivity contribution in [3.05, 3.63) is 53.9 Å². The van der Waals surface area contributed by atoms with Crippen LogP contribution in [-0.2, 0) is 0 Å². The number of carbonyl (C=O) groups excluding carboxylic acids is 1. The number of rotatable bonds is 3. The lowest BCUT2D eigenvalue weighted by atomic mass is 10.2. The van der Waals surface area contributed by atoms with Crippen LogP contribution in [0.5, 0.6) is 11.5 Å². The normalized spacial score (nSPS) is 9.89. The maximum atomic E-state index is 11.7. The number of carboxylic acid groups (broad SMARTS) is 1. The molecule has 0 saturated carbocycles. The fourth-order valence-electron chi connectivity index (χ4n) is 1.32. The fraction of sp³-hybridized carbons (Fsp3) is 0. The molecule has 0 aliphatic rings. The molecule has 2 rings (SSSR count). The van der Waals surface area contributed by atoms with E-state index in [4.69, 9.17) is 14.9 Å². The standard InChI is InChI=1S/C13H9NO5/c15-9-2-4-10(5-3-9)19-13(18)8-1-6-11(12(16)17)14-7-8/h1-7,15H,(H,16,17). The fourth-order valence-corrected chi connectivity index (χ4v) is 1.32. The SMILES string of the molecule is O=C(Oc1ccc(O)cc1)c1ccc(C(=O)O)nc1. The van der Waals surface area contributed by atoms with Crippen LogP contribution < -0.4 is 4.74 Å². The summed E-state index contributed by atoms with van der Waals surface area (Å²) in [5.41, 5.74) is -0.0146. The van der Waals surface area contributed by atoms with Crippen LogP contribution in [0.2, 0.25) is 0 Å². The number of carbonyl (C=O) groups is 2. The summed E-state index contributed by atoms with van der Waals surface area (Å²) >= 11 is 0. The second kappa shape index (κ2) is 5.18. The van der Waals surface area contributed by atoms with Gasteiger partial charge >= 0.3 is 11.9 Å². The molecular formula is C13H9NO5. The number of phenolic OH excluding ortho intramolecular Hbond substituents is 1. The highest BCUT2D eigenvalue weighted by molar-refractivity contribution is 5.92. The van der Waals surface area contributed by atoms with E-state index in [0.717, 1.165) is 6.20 Å². The molecule has 0 fully saturated rings. The zero-order chi connectivity index (χ0) is 13.8. The zero-order valence-electron chi connectivity index (χ0n) is 9.61. The van der Waals surface area contributed by atoms with Crippen molar-refractivity contribution < 1.29 is 24.5 Å². The van der Waals surface area contributed by atoms with Gasteiger partial charge in [0.1, 0.15) is 17.2 Å². The van der Waals surface area contributed by atoms with Crippen molar-refractivity contribution in [2.75, 3.05) is 0 Å². The molecule has 2 N–H and O–H groups in total. The zero-order valence-corrected chi connectivity index (χ0v) is 9.61. The van der Waals surface area contributed by atoms with E-state index in [1.54, 1.807) is 0 Å². The molecule has 6 nitrogen and oxygen atoms in total. The molecule has 0 unspecified atom stereocenters. The van der Waals surface area contributed by atoms with Crippen LogP contribution >= 0.6 is 0 Å². The van der Waals surface area contributed by atoms with Gasteiger partial charge in [0, 0.05) is 6.20 Å². The summed E-state index contributed by atoms with van der Waals surface area (Å²) in [6, 6.07) is 8.18. The average molecular weight is 259 g/mol. The maximum absolute atomic E-state index is 11.7. The van der Waals surface area contributed by atoms with Crippen molar-refractivity contribution in [3.63, 3.8) is 0 Å². The number of pyridine rings is 1. The molecule has 0 aliphatic carbocycles. The number of hydrogen-bond donors (Lipinski definition) is 2. The molecule has 1 aromatic carbocycles. The molecule has 96 valence electrons. The Labute approximate surface area is 107 Å². The summed E-state index contributed by atoms with van der Waals surface area (Å²) < 4.78 is 5.02. The summed E-state index contributed by atoms with van der Waals surface area (Å²) in [5, 5.41) is 17.8. The molecule has 0 bridgehead atoms. The van der Waals surface area contributed by atoms with Gasteiger partial charge in [0.25, 0.3) is 0 Å². The van der Waals surface area contributed by atoms with E-state index in [-0.39, 0.29) is 22.8 Å². The highest BCUT2D eigenvalue weighted by atomic mass is 16.5. The van der Waals surface area contributed by atoms with Gasteiger partial charge in [-0.2, -0.15) is 0 Å². The monoisotopic (exact) mass is 259 g/mol. The minimum atomic E-state index is -1.17. The number of carboxylic acids is 1. The van der Waals surface area contributed by atoms with E-state index in [2.05, 4.69) is 4.98 Å². The first-order valence-electron chi connectivity index (χ1n) is 5.27. The van der Waals surface area contributed by atoms with E-state index >= 15 is 0 Å². The summed E-state index contributed by atoms with van der Waals surface area (Å²) in [4.78, 5) is 25.9. The number of aromatic carboxylic acids is 1. The second-order valence-electron chi connectivity index (χ2n) is 3.62. The van der Waals surface area contributed by atoms with Crippen LogP contribution in [0.1, 0.15) is 20.8 Å². The van der Waals surface area contributed by atoms with Crippen molar-refractivity contribution in [3.8, 4) is 11.5 Å². The lowest BCUT2D eigenvalue weighted by Gasteiger charge is -2.04. The molecule has 2 aromatic rings. The molecule has 0 spiro atoms. The summed E-state index contributed by atoms with van der Waals surface area (Å²) in [7, 11) is 0. The first-order chi connectivity index (χ1) is 9.06. The smallest absolute Gasteiger partial charge is 0.354 e. The van der Waals surface area contributed by atoms with E-state index in [0.29, 0.717) is 0 Å². The topological polar surface area (TPSA) is 96.7 Å². The number of hydrogen-bond acceptors (Lipinski definition) is 5. The van der Waals surface area contributed by atoms with Crippen LogP contribution in [0, 0.1) is 0 Å². The van der Waals surface area contributed by atoms with Crippen LogP contribution in [0.25, 0.3) is 0 Å². The van der Waals surface area contributed by atoms with Crippen LogP contribution in [0.3, 0.4) is 0 Å². The number of aromatic nitrogens is 1. The highest BCUT2D eigenvalue weighted by Crippen LogP contribution is 2.17. The molecule has 6 heteroatoms. The Kier molecular flexibility index (Phi) is 3.42. The molecule has 1 heterocycles. The average Bonchev–Trinajstić information content (AvgIpc) is 2.41. The van der Waals surface area contributed by atoms with Gasteiger partial charge in [-0.15, -0.1) is 0 Å². The number of aromatic hydroxyl groups is 1. The van der Waals surface area contributed by atoms with Crippen LogP contribution in [-0.4, -0.2) is 27.1 Å². The summed E-state index contributed by atoms with van der Waals surface area (Å²) in [6.45, 7) is 0. The molecule has 0 aliphatic heterocycles. The van der Waals surface area contributed by atoms with Gasteiger partial charge in [-0.25, -0.2) is 14.6 Å². The van der Waals surface area contributed by atoms with Gasteiger partial charge in [-0.1, -0.05) is 0 Å². The number of ether oxygens (including phenoxy) is 1. The first kappa shape index (κ1) is 12.6. The number of esters is 1. The molecule has 0 atom stereocenters. The Morgan fingerprint density at radius 2 is 1.74 bits per heavy atom. The van der Waals surface area contributed by atoms with Gasteiger partial charge in [0.15, 0.2) is 0 Å². The number of phenols is 1. The Balaban J connectivity index is 2.11. The van der Waals surface area contributed by atoms with E-state index in [9.17, 15) is 9.59 Å².